The van der Waals surface area contributed by atoms with Crippen LogP contribution in [0.5, 0.6) is 0 Å². The summed E-state index contributed by atoms with van der Waals surface area (Å²) in [5, 5.41) is 0. The number of Topliss-reactive ketones (excluding diaryl/α,β-unsaturated/α-hetero) is 1. The van der Waals surface area contributed by atoms with Gasteiger partial charge in [0.2, 0.25) is 0 Å². The number of fused-ring (bicyclic) bond motifs is 4. The Morgan fingerprint density at radius 2 is 1.76 bits per heavy atom. The van der Waals surface area contributed by atoms with Gasteiger partial charge in [0.25, 0.3) is 0 Å². The zero-order valence-electron chi connectivity index (χ0n) is 25.0. The summed E-state index contributed by atoms with van der Waals surface area (Å²) in [6.45, 7) is 16.6. The van der Waals surface area contributed by atoms with Crippen LogP contribution < -0.4 is 0 Å². The maximum Gasteiger partial charge on any atom is 0.168 e. The van der Waals surface area contributed by atoms with Crippen LogP contribution in [0.1, 0.15) is 109 Å². The average Bonchev–Trinajstić information content (AvgIpc) is 3.28. The Bertz CT molecular complexity index is 1070. The maximum absolute atomic E-state index is 13.9. The standard InChI is InChI=1S/C36H52O2/c1-23(2)24(3)13-14-25(4)28-17-18-29-27-15-16-31-33(34(37)26-11-9-8-10-12-26)32(38-7)20-22-36(31,6)30(27)19-21-35(28,29)5/h8-12,23,25,28-29,31-33H,3,13-22H2,1-2,4-7H3/t25-,28-,29+,31+,32+,33+,35-,36-/m1/s1. The van der Waals surface area contributed by atoms with Crippen molar-refractivity contribution in [2.45, 2.75) is 105 Å². The van der Waals surface area contributed by atoms with Gasteiger partial charge in [-0.05, 0) is 105 Å². The lowest BCUT2D eigenvalue weighted by Gasteiger charge is -2.57. The second kappa shape index (κ2) is 10.7. The first-order valence-electron chi connectivity index (χ1n) is 15.6. The fourth-order valence-corrected chi connectivity index (χ4v) is 9.83. The molecule has 2 saturated carbocycles. The Kier molecular flexibility index (Phi) is 7.86. The van der Waals surface area contributed by atoms with Gasteiger partial charge < -0.3 is 4.74 Å². The Balaban J connectivity index is 1.40. The second-order valence-electron chi connectivity index (χ2n) is 14.2. The average molecular weight is 517 g/mol. The van der Waals surface area contributed by atoms with Crippen LogP contribution in [0.25, 0.3) is 0 Å². The third-order valence-corrected chi connectivity index (χ3v) is 12.2. The topological polar surface area (TPSA) is 26.3 Å². The van der Waals surface area contributed by atoms with Gasteiger partial charge in [-0.15, -0.1) is 0 Å². The summed E-state index contributed by atoms with van der Waals surface area (Å²) in [6.07, 6.45) is 12.3. The van der Waals surface area contributed by atoms with E-state index in [2.05, 4.69) is 41.2 Å². The number of hydrogen-bond donors (Lipinski definition) is 0. The summed E-state index contributed by atoms with van der Waals surface area (Å²) >= 11 is 0. The smallest absolute Gasteiger partial charge is 0.168 e. The summed E-state index contributed by atoms with van der Waals surface area (Å²) in [7, 11) is 1.81. The molecule has 8 atom stereocenters. The van der Waals surface area contributed by atoms with E-state index in [9.17, 15) is 4.79 Å². The Morgan fingerprint density at radius 1 is 1.03 bits per heavy atom. The minimum Gasteiger partial charge on any atom is -0.381 e. The molecule has 0 aromatic heterocycles. The van der Waals surface area contributed by atoms with Crippen molar-refractivity contribution in [3.8, 4) is 0 Å². The van der Waals surface area contributed by atoms with Crippen molar-refractivity contribution >= 4 is 5.78 Å². The van der Waals surface area contributed by atoms with E-state index in [1.165, 1.54) is 50.5 Å². The lowest BCUT2D eigenvalue weighted by atomic mass is 9.48. The molecule has 0 bridgehead atoms. The molecule has 2 nitrogen and oxygen atoms in total. The predicted molar refractivity (Wildman–Crippen MR) is 158 cm³/mol. The number of benzene rings is 1. The molecule has 0 radical (unpaired) electrons. The summed E-state index contributed by atoms with van der Waals surface area (Å²) in [4.78, 5) is 13.9. The van der Waals surface area contributed by atoms with E-state index in [1.54, 1.807) is 5.57 Å². The van der Waals surface area contributed by atoms with Crippen LogP contribution in [0.3, 0.4) is 0 Å². The van der Waals surface area contributed by atoms with Gasteiger partial charge in [0.05, 0.1) is 12.0 Å². The molecule has 208 valence electrons. The van der Waals surface area contributed by atoms with Gasteiger partial charge in [-0.25, -0.2) is 0 Å². The Hall–Kier alpha value is -1.67. The van der Waals surface area contributed by atoms with E-state index >= 15 is 0 Å². The molecule has 4 aliphatic rings. The normalized spacial score (nSPS) is 37.4. The van der Waals surface area contributed by atoms with Crippen molar-refractivity contribution in [3.05, 3.63) is 59.2 Å². The maximum atomic E-state index is 13.9. The molecular weight excluding hydrogens is 464 g/mol. The van der Waals surface area contributed by atoms with Crippen LogP contribution in [-0.2, 0) is 4.74 Å². The van der Waals surface area contributed by atoms with Crippen molar-refractivity contribution in [2.75, 3.05) is 7.11 Å². The lowest BCUT2D eigenvalue weighted by Crippen LogP contribution is -2.52. The summed E-state index contributed by atoms with van der Waals surface area (Å²) in [5.74, 6) is 3.58. The van der Waals surface area contributed by atoms with Gasteiger partial charge in [0, 0.05) is 12.7 Å². The molecule has 0 amide bonds. The molecule has 38 heavy (non-hydrogen) atoms. The predicted octanol–water partition coefficient (Wildman–Crippen LogP) is 9.46. The molecule has 0 spiro atoms. The highest BCUT2D eigenvalue weighted by molar-refractivity contribution is 5.98. The molecule has 0 N–H and O–H groups in total. The molecule has 1 aromatic rings. The third-order valence-electron chi connectivity index (χ3n) is 12.2. The van der Waals surface area contributed by atoms with Crippen LogP contribution in [0, 0.1) is 46.3 Å². The number of carbonyl (C=O) groups is 1. The van der Waals surface area contributed by atoms with Crippen molar-refractivity contribution in [3.63, 3.8) is 0 Å². The second-order valence-corrected chi connectivity index (χ2v) is 14.2. The molecule has 2 heteroatoms. The van der Waals surface area contributed by atoms with Crippen LogP contribution in [-0.4, -0.2) is 19.0 Å². The van der Waals surface area contributed by atoms with Gasteiger partial charge in [-0.1, -0.05) is 88.2 Å². The van der Waals surface area contributed by atoms with Crippen LogP contribution in [0.2, 0.25) is 0 Å². The molecule has 1 aromatic carbocycles. The zero-order valence-corrected chi connectivity index (χ0v) is 25.0. The summed E-state index contributed by atoms with van der Waals surface area (Å²) < 4.78 is 6.01. The fraction of sp³-hybridized carbons (Fsp3) is 0.694. The van der Waals surface area contributed by atoms with Gasteiger partial charge >= 0.3 is 0 Å². The SMILES string of the molecule is C=C(CC[C@@H](C)[C@H]1CC[C@H]2C3=C(CC[C@]12C)[C@@]1(C)CC[C@H](OC)[C@@H](C(=O)c2ccccc2)[C@@H]1CC3)C(C)C. The van der Waals surface area contributed by atoms with E-state index in [4.69, 9.17) is 4.74 Å². The van der Waals surface area contributed by atoms with E-state index in [0.717, 1.165) is 42.6 Å². The third kappa shape index (κ3) is 4.57. The molecule has 0 heterocycles. The van der Waals surface area contributed by atoms with Gasteiger partial charge in [-0.3, -0.25) is 4.79 Å². The van der Waals surface area contributed by atoms with Crippen LogP contribution >= 0.6 is 0 Å². The number of hydrogen-bond acceptors (Lipinski definition) is 2. The minimum absolute atomic E-state index is 0.0334. The van der Waals surface area contributed by atoms with Crippen LogP contribution in [0.15, 0.2) is 53.6 Å². The van der Waals surface area contributed by atoms with E-state index < -0.39 is 0 Å². The molecule has 5 rings (SSSR count). The highest BCUT2D eigenvalue weighted by Crippen LogP contribution is 2.66. The number of ether oxygens (including phenoxy) is 1. The van der Waals surface area contributed by atoms with Crippen molar-refractivity contribution < 1.29 is 9.53 Å². The Morgan fingerprint density at radius 3 is 2.45 bits per heavy atom. The van der Waals surface area contributed by atoms with E-state index in [1.807, 2.05) is 43.0 Å². The quantitative estimate of drug-likeness (QED) is 0.254. The van der Waals surface area contributed by atoms with Gasteiger partial charge in [0.15, 0.2) is 5.78 Å². The minimum atomic E-state index is -0.0334. The number of methoxy groups -OCH3 is 1. The summed E-state index contributed by atoms with van der Waals surface area (Å²) in [5.41, 5.74) is 6.43. The highest BCUT2D eigenvalue weighted by atomic mass is 16.5. The number of ketones is 1. The molecular formula is C36H52O2. The molecule has 0 aliphatic heterocycles. The Labute approximate surface area is 232 Å². The monoisotopic (exact) mass is 516 g/mol. The molecule has 0 saturated heterocycles. The number of allylic oxidation sites excluding steroid dienone is 3. The first-order valence-corrected chi connectivity index (χ1v) is 15.6. The molecule has 0 unspecified atom stereocenters. The first kappa shape index (κ1) is 27.9. The van der Waals surface area contributed by atoms with Gasteiger partial charge in [-0.2, -0.15) is 0 Å². The van der Waals surface area contributed by atoms with Gasteiger partial charge in [0.1, 0.15) is 0 Å². The van der Waals surface area contributed by atoms with Crippen molar-refractivity contribution in [1.29, 1.82) is 0 Å². The fourth-order valence-electron chi connectivity index (χ4n) is 9.83. The van der Waals surface area contributed by atoms with Crippen molar-refractivity contribution in [2.24, 2.45) is 46.3 Å². The van der Waals surface area contributed by atoms with E-state index in [0.29, 0.717) is 23.0 Å². The molecule has 4 aliphatic carbocycles. The number of rotatable bonds is 8. The number of carbonyl (C=O) groups excluding carboxylic acids is 1. The first-order chi connectivity index (χ1) is 18.1. The van der Waals surface area contributed by atoms with E-state index in [-0.39, 0.29) is 17.4 Å². The zero-order chi connectivity index (χ0) is 27.2. The lowest BCUT2D eigenvalue weighted by molar-refractivity contribution is -0.0487. The largest absolute Gasteiger partial charge is 0.381 e. The molecule has 2 fully saturated rings. The summed E-state index contributed by atoms with van der Waals surface area (Å²) in [6, 6.07) is 9.99. The highest BCUT2D eigenvalue weighted by Gasteiger charge is 2.58. The van der Waals surface area contributed by atoms with Crippen LogP contribution in [0.4, 0.5) is 0 Å². The van der Waals surface area contributed by atoms with Crippen molar-refractivity contribution in [1.82, 2.24) is 0 Å².